The Labute approximate surface area is 148 Å². The molecule has 2 aliphatic heterocycles. The number of pyridine rings is 1. The van der Waals surface area contributed by atoms with E-state index in [2.05, 4.69) is 24.1 Å². The van der Waals surface area contributed by atoms with E-state index >= 15 is 0 Å². The van der Waals surface area contributed by atoms with E-state index in [-0.39, 0.29) is 23.8 Å². The number of rotatable bonds is 6. The average Bonchev–Trinajstić information content (AvgIpc) is 3.19. The second-order valence-electron chi connectivity index (χ2n) is 7.48. The molecule has 0 bridgehead atoms. The number of amides is 2. The third-order valence-corrected chi connectivity index (χ3v) is 5.18. The molecule has 136 valence electrons. The Bertz CT molecular complexity index is 605. The van der Waals surface area contributed by atoms with Crippen molar-refractivity contribution in [3.63, 3.8) is 0 Å². The number of ether oxygens (including phenoxy) is 1. The van der Waals surface area contributed by atoms with E-state index in [0.717, 1.165) is 13.0 Å². The van der Waals surface area contributed by atoms with Crippen molar-refractivity contribution in [1.82, 2.24) is 15.2 Å². The van der Waals surface area contributed by atoms with Gasteiger partial charge < -0.3 is 15.0 Å². The number of carbonyl (C=O) groups is 2. The molecular weight excluding hydrogens is 318 g/mol. The lowest BCUT2D eigenvalue weighted by molar-refractivity contribution is -0.131. The number of nitrogens with one attached hydrogen (secondary N) is 1. The van der Waals surface area contributed by atoms with Crippen LogP contribution in [0.5, 0.6) is 0 Å². The molecule has 0 aromatic carbocycles. The van der Waals surface area contributed by atoms with E-state index in [1.165, 1.54) is 0 Å². The summed E-state index contributed by atoms with van der Waals surface area (Å²) in [5.41, 5.74) is 0.565. The molecule has 0 radical (unpaired) electrons. The van der Waals surface area contributed by atoms with Gasteiger partial charge in [-0.2, -0.15) is 0 Å². The Kier molecular flexibility index (Phi) is 5.68. The van der Waals surface area contributed by atoms with Crippen LogP contribution in [0.4, 0.5) is 0 Å². The van der Waals surface area contributed by atoms with Crippen molar-refractivity contribution in [3.05, 3.63) is 30.1 Å². The molecule has 6 nitrogen and oxygen atoms in total. The lowest BCUT2D eigenvalue weighted by Gasteiger charge is -2.20. The van der Waals surface area contributed by atoms with Gasteiger partial charge in [0.05, 0.1) is 18.3 Å². The quantitative estimate of drug-likeness (QED) is 0.852. The first-order chi connectivity index (χ1) is 12.0. The summed E-state index contributed by atoms with van der Waals surface area (Å²) in [5, 5.41) is 2.98. The van der Waals surface area contributed by atoms with E-state index in [0.29, 0.717) is 43.5 Å². The number of hydrogen-bond acceptors (Lipinski definition) is 4. The summed E-state index contributed by atoms with van der Waals surface area (Å²) < 4.78 is 5.88. The Hall–Kier alpha value is -1.95. The maximum atomic E-state index is 12.3. The summed E-state index contributed by atoms with van der Waals surface area (Å²) in [7, 11) is 0. The van der Waals surface area contributed by atoms with Crippen molar-refractivity contribution in [2.75, 3.05) is 26.2 Å². The zero-order valence-electron chi connectivity index (χ0n) is 15.0. The summed E-state index contributed by atoms with van der Waals surface area (Å²) in [6.07, 6.45) is 4.86. The fourth-order valence-electron chi connectivity index (χ4n) is 3.61. The van der Waals surface area contributed by atoms with Crippen LogP contribution < -0.4 is 5.32 Å². The van der Waals surface area contributed by atoms with Crippen LogP contribution in [0, 0.1) is 17.8 Å². The highest BCUT2D eigenvalue weighted by molar-refractivity contribution is 5.93. The lowest BCUT2D eigenvalue weighted by atomic mass is 9.93. The SMILES string of the molecule is CC(C)CCC(=O)N1C[C@@H]2[C@@H](CNC(=O)c3cccnc3)CO[C@@H]2C1. The molecule has 25 heavy (non-hydrogen) atoms. The van der Waals surface area contributed by atoms with Gasteiger partial charge in [-0.1, -0.05) is 13.8 Å². The van der Waals surface area contributed by atoms with Gasteiger partial charge in [0, 0.05) is 50.3 Å². The van der Waals surface area contributed by atoms with Crippen molar-refractivity contribution in [1.29, 1.82) is 0 Å². The van der Waals surface area contributed by atoms with Crippen molar-refractivity contribution < 1.29 is 14.3 Å². The highest BCUT2D eigenvalue weighted by Gasteiger charge is 2.44. The molecule has 0 spiro atoms. The maximum absolute atomic E-state index is 12.3. The van der Waals surface area contributed by atoms with Gasteiger partial charge >= 0.3 is 0 Å². The number of aromatic nitrogens is 1. The molecule has 1 N–H and O–H groups in total. The van der Waals surface area contributed by atoms with Crippen LogP contribution in [0.3, 0.4) is 0 Å². The number of likely N-dealkylation sites (tertiary alicyclic amines) is 1. The number of hydrogen-bond donors (Lipinski definition) is 1. The Balaban J connectivity index is 1.49. The normalized spacial score (nSPS) is 25.2. The van der Waals surface area contributed by atoms with E-state index in [9.17, 15) is 9.59 Å². The van der Waals surface area contributed by atoms with Crippen molar-refractivity contribution in [2.45, 2.75) is 32.8 Å². The second kappa shape index (κ2) is 7.95. The minimum absolute atomic E-state index is 0.112. The first-order valence-electron chi connectivity index (χ1n) is 9.12. The van der Waals surface area contributed by atoms with Crippen LogP contribution in [0.1, 0.15) is 37.0 Å². The van der Waals surface area contributed by atoms with Crippen LogP contribution in [0.25, 0.3) is 0 Å². The second-order valence-corrected chi connectivity index (χ2v) is 7.48. The molecule has 0 saturated carbocycles. The summed E-state index contributed by atoms with van der Waals surface area (Å²) >= 11 is 0. The number of fused-ring (bicyclic) bond motifs is 1. The molecular formula is C19H27N3O3. The predicted molar refractivity (Wildman–Crippen MR) is 93.9 cm³/mol. The van der Waals surface area contributed by atoms with E-state index < -0.39 is 0 Å². The Morgan fingerprint density at radius 2 is 2.24 bits per heavy atom. The fraction of sp³-hybridized carbons (Fsp3) is 0.632. The fourth-order valence-corrected chi connectivity index (χ4v) is 3.61. The summed E-state index contributed by atoms with van der Waals surface area (Å²) in [5.74, 6) is 1.23. The molecule has 3 rings (SSSR count). The highest BCUT2D eigenvalue weighted by Crippen LogP contribution is 2.33. The molecule has 0 unspecified atom stereocenters. The Morgan fingerprint density at radius 3 is 2.96 bits per heavy atom. The van der Waals surface area contributed by atoms with Gasteiger partial charge in [0.2, 0.25) is 5.91 Å². The summed E-state index contributed by atoms with van der Waals surface area (Å²) in [6.45, 7) is 6.93. The smallest absolute Gasteiger partial charge is 0.252 e. The Morgan fingerprint density at radius 1 is 1.40 bits per heavy atom. The molecule has 1 aromatic rings. The van der Waals surface area contributed by atoms with Gasteiger partial charge in [-0.25, -0.2) is 0 Å². The predicted octanol–water partition coefficient (Wildman–Crippen LogP) is 1.72. The van der Waals surface area contributed by atoms with Crippen LogP contribution in [-0.4, -0.2) is 54.0 Å². The molecule has 2 amide bonds. The molecule has 2 fully saturated rings. The minimum atomic E-state index is -0.112. The van der Waals surface area contributed by atoms with Crippen LogP contribution in [-0.2, 0) is 9.53 Å². The molecule has 2 saturated heterocycles. The largest absolute Gasteiger partial charge is 0.376 e. The first-order valence-corrected chi connectivity index (χ1v) is 9.12. The van der Waals surface area contributed by atoms with Gasteiger partial charge in [-0.3, -0.25) is 14.6 Å². The highest BCUT2D eigenvalue weighted by atomic mass is 16.5. The van der Waals surface area contributed by atoms with Crippen LogP contribution in [0.15, 0.2) is 24.5 Å². The van der Waals surface area contributed by atoms with Gasteiger partial charge in [0.25, 0.3) is 5.91 Å². The first kappa shape index (κ1) is 17.9. The molecule has 2 aliphatic rings. The topological polar surface area (TPSA) is 71.5 Å². The van der Waals surface area contributed by atoms with E-state index in [1.54, 1.807) is 24.5 Å². The van der Waals surface area contributed by atoms with Gasteiger partial charge in [0.1, 0.15) is 0 Å². The monoisotopic (exact) mass is 345 g/mol. The zero-order chi connectivity index (χ0) is 17.8. The zero-order valence-corrected chi connectivity index (χ0v) is 15.0. The van der Waals surface area contributed by atoms with Gasteiger partial charge in [-0.05, 0) is 24.5 Å². The molecule has 3 heterocycles. The molecule has 6 heteroatoms. The van der Waals surface area contributed by atoms with Crippen molar-refractivity contribution >= 4 is 11.8 Å². The average molecular weight is 345 g/mol. The molecule has 1 aromatic heterocycles. The van der Waals surface area contributed by atoms with E-state index in [1.807, 2.05) is 4.90 Å². The summed E-state index contributed by atoms with van der Waals surface area (Å²) in [4.78, 5) is 30.4. The number of nitrogens with zero attached hydrogens (tertiary/aromatic N) is 2. The van der Waals surface area contributed by atoms with Crippen molar-refractivity contribution in [2.24, 2.45) is 17.8 Å². The molecule has 3 atom stereocenters. The third-order valence-electron chi connectivity index (χ3n) is 5.18. The van der Waals surface area contributed by atoms with Crippen molar-refractivity contribution in [3.8, 4) is 0 Å². The van der Waals surface area contributed by atoms with Crippen LogP contribution in [0.2, 0.25) is 0 Å². The lowest BCUT2D eigenvalue weighted by Crippen LogP contribution is -2.35. The number of carbonyl (C=O) groups excluding carboxylic acids is 2. The van der Waals surface area contributed by atoms with Crippen LogP contribution >= 0.6 is 0 Å². The van der Waals surface area contributed by atoms with E-state index in [4.69, 9.17) is 4.74 Å². The summed E-state index contributed by atoms with van der Waals surface area (Å²) in [6, 6.07) is 3.50. The maximum Gasteiger partial charge on any atom is 0.252 e. The minimum Gasteiger partial charge on any atom is -0.376 e. The van der Waals surface area contributed by atoms with Gasteiger partial charge in [-0.15, -0.1) is 0 Å². The van der Waals surface area contributed by atoms with Gasteiger partial charge in [0.15, 0.2) is 0 Å². The molecule has 0 aliphatic carbocycles. The third kappa shape index (κ3) is 4.37. The standard InChI is InChI=1S/C19H27N3O3/c1-13(2)5-6-18(23)22-10-16-15(12-25-17(16)11-22)9-21-19(24)14-4-3-7-20-8-14/h3-4,7-8,13,15-17H,5-6,9-12H2,1-2H3,(H,21,24)/t15-,16+,17+/m0/s1.